The minimum Gasteiger partial charge on any atom is -0.496 e. The van der Waals surface area contributed by atoms with Gasteiger partial charge in [0.1, 0.15) is 5.75 Å². The maximum absolute atomic E-state index is 12.3. The number of rotatable bonds is 3. The summed E-state index contributed by atoms with van der Waals surface area (Å²) in [5.41, 5.74) is 1.58. The highest BCUT2D eigenvalue weighted by atomic mass is 16.5. The van der Waals surface area contributed by atoms with Gasteiger partial charge in [-0.25, -0.2) is 0 Å². The van der Waals surface area contributed by atoms with E-state index in [1.165, 1.54) is 0 Å². The van der Waals surface area contributed by atoms with E-state index in [2.05, 4.69) is 11.4 Å². The topological polar surface area (TPSA) is 62.1 Å². The molecule has 1 aromatic rings. The Morgan fingerprint density at radius 2 is 2.26 bits per heavy atom. The molecule has 2 rings (SSSR count). The van der Waals surface area contributed by atoms with E-state index in [-0.39, 0.29) is 17.9 Å². The Hall–Kier alpha value is -2.02. The van der Waals surface area contributed by atoms with E-state index in [0.29, 0.717) is 11.3 Å². The highest BCUT2D eigenvalue weighted by Gasteiger charge is 2.26. The summed E-state index contributed by atoms with van der Waals surface area (Å²) < 4.78 is 5.22. The predicted molar refractivity (Wildman–Crippen MR) is 71.9 cm³/mol. The molecule has 0 radical (unpaired) electrons. The van der Waals surface area contributed by atoms with Gasteiger partial charge in [-0.2, -0.15) is 5.26 Å². The lowest BCUT2D eigenvalue weighted by Crippen LogP contribution is -2.33. The van der Waals surface area contributed by atoms with Crippen LogP contribution in [0.5, 0.6) is 5.75 Å². The maximum Gasteiger partial charge on any atom is 0.255 e. The second-order valence-electron chi connectivity index (χ2n) is 5.01. The molecule has 100 valence electrons. The average molecular weight is 258 g/mol. The Labute approximate surface area is 113 Å². The number of nitrogens with zero attached hydrogens (tertiary/aromatic N) is 1. The van der Waals surface area contributed by atoms with Crippen molar-refractivity contribution in [2.24, 2.45) is 5.92 Å². The molecular formula is C15H18N2O2. The second-order valence-corrected chi connectivity index (χ2v) is 5.01. The third-order valence-corrected chi connectivity index (χ3v) is 3.55. The third kappa shape index (κ3) is 3.05. The second kappa shape index (κ2) is 5.75. The van der Waals surface area contributed by atoms with Gasteiger partial charge in [0.15, 0.2) is 0 Å². The molecule has 0 saturated heterocycles. The van der Waals surface area contributed by atoms with Crippen molar-refractivity contribution >= 4 is 5.91 Å². The van der Waals surface area contributed by atoms with Crippen LogP contribution in [0.1, 0.15) is 35.2 Å². The van der Waals surface area contributed by atoms with Gasteiger partial charge in [0.05, 0.1) is 18.7 Å². The minimum absolute atomic E-state index is 0.0738. The van der Waals surface area contributed by atoms with Crippen molar-refractivity contribution in [1.29, 1.82) is 5.26 Å². The van der Waals surface area contributed by atoms with Crippen molar-refractivity contribution in [3.8, 4) is 11.8 Å². The van der Waals surface area contributed by atoms with Gasteiger partial charge < -0.3 is 10.1 Å². The van der Waals surface area contributed by atoms with Gasteiger partial charge >= 0.3 is 0 Å². The van der Waals surface area contributed by atoms with Crippen LogP contribution in [0.3, 0.4) is 0 Å². The molecule has 0 spiro atoms. The van der Waals surface area contributed by atoms with Crippen LogP contribution in [0.25, 0.3) is 0 Å². The highest BCUT2D eigenvalue weighted by Crippen LogP contribution is 2.26. The first-order valence-electron chi connectivity index (χ1n) is 6.49. The molecule has 19 heavy (non-hydrogen) atoms. The van der Waals surface area contributed by atoms with Crippen molar-refractivity contribution in [2.75, 3.05) is 7.11 Å². The van der Waals surface area contributed by atoms with Gasteiger partial charge in [-0.1, -0.05) is 11.6 Å². The zero-order valence-electron chi connectivity index (χ0n) is 11.3. The average Bonchev–Trinajstić information content (AvgIpc) is 2.86. The van der Waals surface area contributed by atoms with E-state index in [9.17, 15) is 4.79 Å². The number of hydrogen-bond donors (Lipinski definition) is 1. The van der Waals surface area contributed by atoms with Crippen LogP contribution >= 0.6 is 0 Å². The van der Waals surface area contributed by atoms with Crippen molar-refractivity contribution < 1.29 is 9.53 Å². The van der Waals surface area contributed by atoms with Crippen LogP contribution in [0, 0.1) is 24.2 Å². The Morgan fingerprint density at radius 3 is 2.89 bits per heavy atom. The van der Waals surface area contributed by atoms with Gasteiger partial charge in [-0.3, -0.25) is 4.79 Å². The molecule has 2 atom stereocenters. The molecule has 1 aliphatic carbocycles. The van der Waals surface area contributed by atoms with Crippen LogP contribution in [0.4, 0.5) is 0 Å². The fraction of sp³-hybridized carbons (Fsp3) is 0.467. The van der Waals surface area contributed by atoms with E-state index >= 15 is 0 Å². The van der Waals surface area contributed by atoms with Crippen LogP contribution < -0.4 is 10.1 Å². The number of nitrogens with one attached hydrogen (secondary N) is 1. The number of methoxy groups -OCH3 is 1. The van der Waals surface area contributed by atoms with Crippen LogP contribution in [-0.4, -0.2) is 19.1 Å². The predicted octanol–water partition coefficient (Wildman–Crippen LogP) is 2.43. The van der Waals surface area contributed by atoms with Crippen LogP contribution in [0.2, 0.25) is 0 Å². The summed E-state index contributed by atoms with van der Waals surface area (Å²) in [6.07, 6.45) is 2.49. The van der Waals surface area contributed by atoms with E-state index < -0.39 is 0 Å². The fourth-order valence-electron chi connectivity index (χ4n) is 2.49. The number of aryl methyl sites for hydroxylation is 1. The van der Waals surface area contributed by atoms with Crippen molar-refractivity contribution in [3.05, 3.63) is 29.3 Å². The number of ether oxygens (including phenoxy) is 1. The van der Waals surface area contributed by atoms with Gasteiger partial charge in [0, 0.05) is 12.0 Å². The summed E-state index contributed by atoms with van der Waals surface area (Å²) in [5, 5.41) is 11.9. The zero-order valence-corrected chi connectivity index (χ0v) is 11.3. The van der Waals surface area contributed by atoms with Gasteiger partial charge in [-0.15, -0.1) is 0 Å². The number of carbonyl (C=O) groups excluding carboxylic acids is 1. The summed E-state index contributed by atoms with van der Waals surface area (Å²) >= 11 is 0. The van der Waals surface area contributed by atoms with E-state index in [1.54, 1.807) is 13.2 Å². The molecule has 1 aromatic carbocycles. The molecule has 0 unspecified atom stereocenters. The first-order valence-corrected chi connectivity index (χ1v) is 6.49. The van der Waals surface area contributed by atoms with Crippen molar-refractivity contribution in [1.82, 2.24) is 5.32 Å². The highest BCUT2D eigenvalue weighted by molar-refractivity contribution is 5.97. The fourth-order valence-corrected chi connectivity index (χ4v) is 2.49. The van der Waals surface area contributed by atoms with Crippen LogP contribution in [0.15, 0.2) is 18.2 Å². The molecule has 1 amide bonds. The van der Waals surface area contributed by atoms with E-state index in [0.717, 1.165) is 24.8 Å². The molecular weight excluding hydrogens is 240 g/mol. The Morgan fingerprint density at radius 1 is 1.47 bits per heavy atom. The zero-order chi connectivity index (χ0) is 13.8. The summed E-state index contributed by atoms with van der Waals surface area (Å²) in [5.74, 6) is 0.534. The standard InChI is InChI=1S/C15H18N2O2/c1-10-3-6-14(19-2)13(7-10)15(18)17-12-5-4-11(8-12)9-16/h3,6-7,11-12H,4-5,8H2,1-2H3,(H,17,18)/t11-,12-/m1/s1. The number of nitriles is 1. The minimum atomic E-state index is -0.121. The molecule has 1 N–H and O–H groups in total. The molecule has 1 aliphatic rings. The Balaban J connectivity index is 2.08. The molecule has 0 bridgehead atoms. The first-order chi connectivity index (χ1) is 9.13. The van der Waals surface area contributed by atoms with Gasteiger partial charge in [0.2, 0.25) is 0 Å². The summed E-state index contributed by atoms with van der Waals surface area (Å²) in [6.45, 7) is 1.94. The molecule has 1 fully saturated rings. The van der Waals surface area contributed by atoms with Crippen molar-refractivity contribution in [2.45, 2.75) is 32.2 Å². The first kappa shape index (κ1) is 13.4. The van der Waals surface area contributed by atoms with E-state index in [1.807, 2.05) is 19.1 Å². The number of benzene rings is 1. The molecule has 0 heterocycles. The van der Waals surface area contributed by atoms with Gasteiger partial charge in [0.25, 0.3) is 5.91 Å². The number of amides is 1. The van der Waals surface area contributed by atoms with Crippen LogP contribution in [-0.2, 0) is 0 Å². The number of carbonyl (C=O) groups is 1. The summed E-state index contributed by atoms with van der Waals surface area (Å²) in [4.78, 5) is 12.3. The number of hydrogen-bond acceptors (Lipinski definition) is 3. The largest absolute Gasteiger partial charge is 0.496 e. The molecule has 0 aliphatic heterocycles. The lowest BCUT2D eigenvalue weighted by Gasteiger charge is -2.14. The summed E-state index contributed by atoms with van der Waals surface area (Å²) in [7, 11) is 1.56. The Kier molecular flexibility index (Phi) is 4.06. The van der Waals surface area contributed by atoms with Gasteiger partial charge in [-0.05, 0) is 38.3 Å². The molecule has 1 saturated carbocycles. The molecule has 4 nitrogen and oxygen atoms in total. The quantitative estimate of drug-likeness (QED) is 0.905. The van der Waals surface area contributed by atoms with E-state index in [4.69, 9.17) is 10.00 Å². The monoisotopic (exact) mass is 258 g/mol. The summed E-state index contributed by atoms with van der Waals surface area (Å²) in [6, 6.07) is 7.90. The Bertz CT molecular complexity index is 519. The maximum atomic E-state index is 12.3. The SMILES string of the molecule is COc1ccc(C)cc1C(=O)N[C@@H]1CC[C@@H](C#N)C1. The smallest absolute Gasteiger partial charge is 0.255 e. The third-order valence-electron chi connectivity index (χ3n) is 3.55. The molecule has 0 aromatic heterocycles. The lowest BCUT2D eigenvalue weighted by molar-refractivity contribution is 0.0934. The van der Waals surface area contributed by atoms with Crippen molar-refractivity contribution in [3.63, 3.8) is 0 Å². The normalized spacial score (nSPS) is 21.7. The lowest BCUT2D eigenvalue weighted by atomic mass is 10.1. The molecule has 4 heteroatoms.